The van der Waals surface area contributed by atoms with Crippen molar-refractivity contribution in [2.45, 2.75) is 18.6 Å². The first-order valence-electron chi connectivity index (χ1n) is 3.28. The molecule has 2 atom stereocenters. The van der Waals surface area contributed by atoms with E-state index >= 15 is 0 Å². The lowest BCUT2D eigenvalue weighted by atomic mass is 10.2. The van der Waals surface area contributed by atoms with Gasteiger partial charge in [-0.15, -0.1) is 0 Å². The normalized spacial score (nSPS) is 30.5. The van der Waals surface area contributed by atoms with Gasteiger partial charge in [0, 0.05) is 6.54 Å². The van der Waals surface area contributed by atoms with Crippen molar-refractivity contribution in [2.75, 3.05) is 6.54 Å². The van der Waals surface area contributed by atoms with E-state index in [0.29, 0.717) is 19.4 Å². The zero-order valence-corrected chi connectivity index (χ0v) is 5.80. The largest absolute Gasteiger partial charge is 0.480 e. The number of hydrogen-bond donors (Lipinski definition) is 2. The molecule has 1 aliphatic heterocycles. The van der Waals surface area contributed by atoms with Gasteiger partial charge in [-0.1, -0.05) is 0 Å². The highest BCUT2D eigenvalue weighted by atomic mass is 16.4. The van der Waals surface area contributed by atoms with E-state index in [1.807, 2.05) is 0 Å². The Kier molecular flexibility index (Phi) is 2.09. The fourth-order valence-electron chi connectivity index (χ4n) is 1.22. The number of carbonyl (C=O) groups excluding carboxylic acids is 1. The van der Waals surface area contributed by atoms with Crippen molar-refractivity contribution in [3.63, 3.8) is 0 Å². The Morgan fingerprint density at radius 1 is 1.64 bits per heavy atom. The molecule has 1 rings (SSSR count). The molecule has 1 saturated heterocycles. The molecular formula is C6H9NO4. The van der Waals surface area contributed by atoms with Gasteiger partial charge < -0.3 is 15.1 Å². The molecule has 11 heavy (non-hydrogen) atoms. The average molecular weight is 159 g/mol. The first kappa shape index (κ1) is 8.00. The highest BCUT2D eigenvalue weighted by Gasteiger charge is 2.37. The van der Waals surface area contributed by atoms with Gasteiger partial charge in [0.25, 0.3) is 0 Å². The number of hydrogen-bond acceptors (Lipinski definition) is 3. The number of aliphatic hydroxyl groups is 1. The van der Waals surface area contributed by atoms with Crippen LogP contribution in [0.4, 0.5) is 0 Å². The van der Waals surface area contributed by atoms with Crippen LogP contribution in [0.2, 0.25) is 0 Å². The second-order valence-electron chi connectivity index (χ2n) is 2.48. The molecule has 0 aromatic heterocycles. The molecule has 62 valence electrons. The van der Waals surface area contributed by atoms with Crippen LogP contribution in [0.25, 0.3) is 0 Å². The number of aliphatic hydroxyl groups excluding tert-OH is 1. The fourth-order valence-corrected chi connectivity index (χ4v) is 1.22. The maximum Gasteiger partial charge on any atom is 0.329 e. The van der Waals surface area contributed by atoms with Crippen LogP contribution in [0.3, 0.4) is 0 Å². The Balaban J connectivity index is 2.70. The SMILES string of the molecule is O=CN1CC[C@@H](O)[C@H]1C(=O)O. The van der Waals surface area contributed by atoms with Crippen molar-refractivity contribution in [1.82, 2.24) is 4.90 Å². The van der Waals surface area contributed by atoms with E-state index in [1.165, 1.54) is 0 Å². The maximum atomic E-state index is 10.4. The summed E-state index contributed by atoms with van der Waals surface area (Å²) in [6, 6.07) is -1.05. The lowest BCUT2D eigenvalue weighted by Gasteiger charge is -2.16. The minimum atomic E-state index is -1.15. The predicted octanol–water partition coefficient (Wildman–Crippen LogP) is -1.34. The van der Waals surface area contributed by atoms with Crippen LogP contribution in [0.5, 0.6) is 0 Å². The number of rotatable bonds is 2. The van der Waals surface area contributed by atoms with Crippen LogP contribution in [-0.2, 0) is 9.59 Å². The molecule has 5 nitrogen and oxygen atoms in total. The lowest BCUT2D eigenvalue weighted by Crippen LogP contribution is -2.40. The molecule has 1 heterocycles. The van der Waals surface area contributed by atoms with E-state index in [2.05, 4.69) is 0 Å². The number of aliphatic carboxylic acids is 1. The molecule has 1 aliphatic rings. The summed E-state index contributed by atoms with van der Waals surface area (Å²) >= 11 is 0. The molecule has 0 radical (unpaired) electrons. The topological polar surface area (TPSA) is 77.8 Å². The Bertz CT molecular complexity index is 181. The minimum absolute atomic E-state index is 0.321. The fraction of sp³-hybridized carbons (Fsp3) is 0.667. The molecule has 0 bridgehead atoms. The van der Waals surface area contributed by atoms with E-state index in [0.717, 1.165) is 4.90 Å². The summed E-state index contributed by atoms with van der Waals surface area (Å²) in [4.78, 5) is 21.7. The molecule has 5 heteroatoms. The van der Waals surface area contributed by atoms with Crippen molar-refractivity contribution in [1.29, 1.82) is 0 Å². The number of likely N-dealkylation sites (tertiary alicyclic amines) is 1. The van der Waals surface area contributed by atoms with Crippen molar-refractivity contribution in [3.8, 4) is 0 Å². The van der Waals surface area contributed by atoms with Crippen LogP contribution in [0, 0.1) is 0 Å². The van der Waals surface area contributed by atoms with Crippen molar-refractivity contribution >= 4 is 12.4 Å². The third kappa shape index (κ3) is 1.32. The van der Waals surface area contributed by atoms with Gasteiger partial charge in [-0.05, 0) is 6.42 Å². The number of nitrogens with zero attached hydrogens (tertiary/aromatic N) is 1. The van der Waals surface area contributed by atoms with Crippen LogP contribution >= 0.6 is 0 Å². The third-order valence-electron chi connectivity index (χ3n) is 1.79. The monoisotopic (exact) mass is 159 g/mol. The minimum Gasteiger partial charge on any atom is -0.480 e. The maximum absolute atomic E-state index is 10.4. The summed E-state index contributed by atoms with van der Waals surface area (Å²) in [5.74, 6) is -1.15. The molecular weight excluding hydrogens is 150 g/mol. The molecule has 0 aliphatic carbocycles. The molecule has 2 N–H and O–H groups in total. The Morgan fingerprint density at radius 3 is 2.64 bits per heavy atom. The highest BCUT2D eigenvalue weighted by Crippen LogP contribution is 2.15. The number of amides is 1. The Morgan fingerprint density at radius 2 is 2.27 bits per heavy atom. The summed E-state index contributed by atoms with van der Waals surface area (Å²) in [5.41, 5.74) is 0. The van der Waals surface area contributed by atoms with E-state index in [9.17, 15) is 9.59 Å². The number of carboxylic acids is 1. The molecule has 1 fully saturated rings. The summed E-state index contributed by atoms with van der Waals surface area (Å²) in [5, 5.41) is 17.6. The van der Waals surface area contributed by atoms with E-state index in [-0.39, 0.29) is 0 Å². The van der Waals surface area contributed by atoms with Gasteiger partial charge in [-0.2, -0.15) is 0 Å². The quantitative estimate of drug-likeness (QED) is 0.489. The van der Waals surface area contributed by atoms with Crippen molar-refractivity contribution in [2.24, 2.45) is 0 Å². The average Bonchev–Trinajstić information content (AvgIpc) is 2.30. The van der Waals surface area contributed by atoms with Crippen molar-refractivity contribution in [3.05, 3.63) is 0 Å². The summed E-state index contributed by atoms with van der Waals surface area (Å²) in [6.07, 6.45) is -0.122. The molecule has 0 spiro atoms. The first-order chi connectivity index (χ1) is 5.16. The van der Waals surface area contributed by atoms with Crippen LogP contribution in [0.15, 0.2) is 0 Å². The van der Waals surface area contributed by atoms with Crippen molar-refractivity contribution < 1.29 is 19.8 Å². The predicted molar refractivity (Wildman–Crippen MR) is 34.8 cm³/mol. The Hall–Kier alpha value is -1.10. The molecule has 0 saturated carbocycles. The van der Waals surface area contributed by atoms with Gasteiger partial charge in [0.05, 0.1) is 6.10 Å². The van der Waals surface area contributed by atoms with Gasteiger partial charge in [0.1, 0.15) is 0 Å². The van der Waals surface area contributed by atoms with Crippen LogP contribution in [0.1, 0.15) is 6.42 Å². The zero-order chi connectivity index (χ0) is 8.43. The summed E-state index contributed by atoms with van der Waals surface area (Å²) in [7, 11) is 0. The molecule has 0 aromatic rings. The van der Waals surface area contributed by atoms with E-state index in [1.54, 1.807) is 0 Å². The molecule has 1 amide bonds. The summed E-state index contributed by atoms with van der Waals surface area (Å²) < 4.78 is 0. The van der Waals surface area contributed by atoms with Gasteiger partial charge in [0.15, 0.2) is 6.04 Å². The Labute approximate surface area is 63.2 Å². The van der Waals surface area contributed by atoms with Gasteiger partial charge >= 0.3 is 5.97 Å². The summed E-state index contributed by atoms with van der Waals surface area (Å²) in [6.45, 7) is 0.321. The second kappa shape index (κ2) is 2.87. The van der Waals surface area contributed by atoms with Crippen LogP contribution in [-0.4, -0.2) is 46.2 Å². The third-order valence-corrected chi connectivity index (χ3v) is 1.79. The molecule has 0 unspecified atom stereocenters. The lowest BCUT2D eigenvalue weighted by molar-refractivity contribution is -0.147. The highest BCUT2D eigenvalue weighted by molar-refractivity contribution is 5.77. The van der Waals surface area contributed by atoms with Gasteiger partial charge in [-0.3, -0.25) is 4.79 Å². The number of carbonyl (C=O) groups is 2. The first-order valence-corrected chi connectivity index (χ1v) is 3.28. The second-order valence-corrected chi connectivity index (χ2v) is 2.48. The molecule has 0 aromatic carbocycles. The van der Waals surface area contributed by atoms with Gasteiger partial charge in [0.2, 0.25) is 6.41 Å². The number of carboxylic acid groups (broad SMARTS) is 1. The smallest absolute Gasteiger partial charge is 0.329 e. The standard InChI is InChI=1S/C6H9NO4/c8-3-7-2-1-4(9)5(7)6(10)11/h3-5,9H,1-2H2,(H,10,11)/t4-,5+/m1/s1. The van der Waals surface area contributed by atoms with E-state index < -0.39 is 18.1 Å². The van der Waals surface area contributed by atoms with Gasteiger partial charge in [-0.25, -0.2) is 4.79 Å². The zero-order valence-electron chi connectivity index (χ0n) is 5.80. The van der Waals surface area contributed by atoms with Crippen LogP contribution < -0.4 is 0 Å². The van der Waals surface area contributed by atoms with E-state index in [4.69, 9.17) is 10.2 Å².